The summed E-state index contributed by atoms with van der Waals surface area (Å²) in [5.74, 6) is -0.936. The molecule has 15 heavy (non-hydrogen) atoms. The van der Waals surface area contributed by atoms with Crippen molar-refractivity contribution in [1.82, 2.24) is 24.5 Å². The van der Waals surface area contributed by atoms with Crippen LogP contribution in [0.15, 0.2) is 24.9 Å². The highest BCUT2D eigenvalue weighted by Crippen LogP contribution is 1.97. The number of imidazole rings is 1. The molecule has 0 aromatic carbocycles. The molecule has 0 aliphatic rings. The summed E-state index contributed by atoms with van der Waals surface area (Å²) in [6, 6.07) is 0. The third kappa shape index (κ3) is 2.39. The maximum atomic E-state index is 10.4. The van der Waals surface area contributed by atoms with Crippen LogP contribution in [-0.4, -0.2) is 35.6 Å². The highest BCUT2D eigenvalue weighted by Gasteiger charge is 2.04. The van der Waals surface area contributed by atoms with Crippen LogP contribution in [0.25, 0.3) is 0 Å². The Morgan fingerprint density at radius 2 is 2.40 bits per heavy atom. The molecule has 0 saturated carbocycles. The zero-order valence-electron chi connectivity index (χ0n) is 7.82. The molecule has 2 rings (SSSR count). The first-order valence-electron chi connectivity index (χ1n) is 4.30. The van der Waals surface area contributed by atoms with Crippen molar-refractivity contribution in [3.8, 4) is 0 Å². The molecule has 2 aromatic heterocycles. The molecule has 0 aliphatic carbocycles. The molecule has 78 valence electrons. The maximum absolute atomic E-state index is 10.4. The molecule has 7 heteroatoms. The average Bonchev–Trinajstić information content (AvgIpc) is 2.77. The van der Waals surface area contributed by atoms with Gasteiger partial charge in [0.25, 0.3) is 0 Å². The van der Waals surface area contributed by atoms with E-state index in [1.165, 1.54) is 4.68 Å². The zero-order valence-corrected chi connectivity index (χ0v) is 7.82. The van der Waals surface area contributed by atoms with E-state index in [0.29, 0.717) is 12.2 Å². The van der Waals surface area contributed by atoms with E-state index in [1.54, 1.807) is 24.9 Å². The lowest BCUT2D eigenvalue weighted by Crippen LogP contribution is -2.08. The average molecular weight is 207 g/mol. The summed E-state index contributed by atoms with van der Waals surface area (Å²) in [4.78, 5) is 14.3. The molecule has 2 heterocycles. The van der Waals surface area contributed by atoms with Gasteiger partial charge in [-0.05, 0) is 0 Å². The van der Waals surface area contributed by atoms with E-state index in [-0.39, 0.29) is 6.54 Å². The molecule has 0 unspecified atom stereocenters. The Bertz CT molecular complexity index is 447. The summed E-state index contributed by atoms with van der Waals surface area (Å²) in [5.41, 5.74) is 0.703. The first-order valence-corrected chi connectivity index (χ1v) is 4.30. The number of carbonyl (C=O) groups is 1. The van der Waals surface area contributed by atoms with Gasteiger partial charge in [0.15, 0.2) is 0 Å². The van der Waals surface area contributed by atoms with E-state index in [1.807, 2.05) is 4.57 Å². The predicted molar refractivity (Wildman–Crippen MR) is 49.0 cm³/mol. The van der Waals surface area contributed by atoms with E-state index in [4.69, 9.17) is 5.11 Å². The quantitative estimate of drug-likeness (QED) is 0.737. The van der Waals surface area contributed by atoms with Crippen LogP contribution in [0.2, 0.25) is 0 Å². The fourth-order valence-corrected chi connectivity index (χ4v) is 1.19. The Morgan fingerprint density at radius 1 is 1.53 bits per heavy atom. The van der Waals surface area contributed by atoms with Crippen LogP contribution in [0.4, 0.5) is 0 Å². The molecule has 0 amide bonds. The van der Waals surface area contributed by atoms with Crippen LogP contribution >= 0.6 is 0 Å². The van der Waals surface area contributed by atoms with Crippen molar-refractivity contribution in [3.63, 3.8) is 0 Å². The molecule has 0 bridgehead atoms. The first kappa shape index (κ1) is 9.38. The molecule has 0 atom stereocenters. The molecule has 0 saturated heterocycles. The summed E-state index contributed by atoms with van der Waals surface area (Å²) < 4.78 is 3.11. The van der Waals surface area contributed by atoms with Gasteiger partial charge in [0.2, 0.25) is 0 Å². The second kappa shape index (κ2) is 3.91. The Morgan fingerprint density at radius 3 is 3.07 bits per heavy atom. The van der Waals surface area contributed by atoms with Gasteiger partial charge in [0.1, 0.15) is 12.2 Å². The van der Waals surface area contributed by atoms with Gasteiger partial charge in [-0.15, -0.1) is 5.10 Å². The van der Waals surface area contributed by atoms with Crippen molar-refractivity contribution in [3.05, 3.63) is 30.6 Å². The van der Waals surface area contributed by atoms with E-state index >= 15 is 0 Å². The van der Waals surface area contributed by atoms with Crippen LogP contribution in [0.1, 0.15) is 5.69 Å². The van der Waals surface area contributed by atoms with Crippen molar-refractivity contribution >= 4 is 5.97 Å². The van der Waals surface area contributed by atoms with Crippen LogP contribution in [0.5, 0.6) is 0 Å². The molecule has 2 aromatic rings. The van der Waals surface area contributed by atoms with Crippen LogP contribution in [0, 0.1) is 0 Å². The smallest absolute Gasteiger partial charge is 0.325 e. The topological polar surface area (TPSA) is 85.8 Å². The molecule has 0 spiro atoms. The Kier molecular flexibility index (Phi) is 2.44. The molecule has 1 N–H and O–H groups in total. The van der Waals surface area contributed by atoms with E-state index in [9.17, 15) is 4.79 Å². The monoisotopic (exact) mass is 207 g/mol. The second-order valence-corrected chi connectivity index (χ2v) is 3.04. The van der Waals surface area contributed by atoms with Gasteiger partial charge in [-0.25, -0.2) is 9.67 Å². The van der Waals surface area contributed by atoms with Crippen LogP contribution in [-0.2, 0) is 17.9 Å². The summed E-state index contributed by atoms with van der Waals surface area (Å²) in [6.45, 7) is 0.372. The highest BCUT2D eigenvalue weighted by atomic mass is 16.4. The van der Waals surface area contributed by atoms with Crippen molar-refractivity contribution in [2.24, 2.45) is 0 Å². The fourth-order valence-electron chi connectivity index (χ4n) is 1.19. The van der Waals surface area contributed by atoms with Crippen molar-refractivity contribution in [2.45, 2.75) is 13.1 Å². The lowest BCUT2D eigenvalue weighted by molar-refractivity contribution is -0.137. The minimum atomic E-state index is -0.936. The fraction of sp³-hybridized carbons (Fsp3) is 0.250. The van der Waals surface area contributed by atoms with Gasteiger partial charge < -0.3 is 9.67 Å². The molecule has 7 nitrogen and oxygen atoms in total. The third-order valence-corrected chi connectivity index (χ3v) is 1.79. The number of nitrogens with zero attached hydrogens (tertiary/aromatic N) is 5. The Balaban J connectivity index is 2.04. The maximum Gasteiger partial charge on any atom is 0.325 e. The number of aromatic nitrogens is 5. The number of hydrogen-bond acceptors (Lipinski definition) is 4. The summed E-state index contributed by atoms with van der Waals surface area (Å²) >= 11 is 0. The predicted octanol–water partition coefficient (Wildman–Crippen LogP) is -0.393. The van der Waals surface area contributed by atoms with Crippen molar-refractivity contribution in [1.29, 1.82) is 0 Å². The molecular weight excluding hydrogens is 198 g/mol. The molecule has 0 aliphatic heterocycles. The van der Waals surface area contributed by atoms with Gasteiger partial charge in [-0.3, -0.25) is 4.79 Å². The van der Waals surface area contributed by atoms with E-state index in [2.05, 4.69) is 15.3 Å². The van der Waals surface area contributed by atoms with E-state index < -0.39 is 5.97 Å². The standard InChI is InChI=1S/C8H9N5O2/c14-8(15)5-13-4-7(10-11-13)3-12-2-1-9-6-12/h1-2,4,6H,3,5H2,(H,14,15). The van der Waals surface area contributed by atoms with Gasteiger partial charge in [0, 0.05) is 12.4 Å². The number of hydrogen-bond donors (Lipinski definition) is 1. The number of aliphatic carboxylic acids is 1. The van der Waals surface area contributed by atoms with Crippen molar-refractivity contribution in [2.75, 3.05) is 0 Å². The Labute approximate surface area is 85.0 Å². The number of carboxylic acids is 1. The number of carboxylic acid groups (broad SMARTS) is 1. The lowest BCUT2D eigenvalue weighted by atomic mass is 10.4. The summed E-state index contributed by atoms with van der Waals surface area (Å²) in [7, 11) is 0. The first-order chi connectivity index (χ1) is 7.24. The zero-order chi connectivity index (χ0) is 10.7. The SMILES string of the molecule is O=C(O)Cn1cc(Cn2ccnc2)nn1. The summed E-state index contributed by atoms with van der Waals surface area (Å²) in [5, 5.41) is 16.1. The summed E-state index contributed by atoms with van der Waals surface area (Å²) in [6.07, 6.45) is 6.74. The molecule has 0 radical (unpaired) electrons. The van der Waals surface area contributed by atoms with Crippen LogP contribution < -0.4 is 0 Å². The minimum absolute atomic E-state index is 0.170. The number of rotatable bonds is 4. The van der Waals surface area contributed by atoms with Gasteiger partial charge in [-0.1, -0.05) is 5.21 Å². The lowest BCUT2D eigenvalue weighted by Gasteiger charge is -1.95. The molecule has 0 fully saturated rings. The largest absolute Gasteiger partial charge is 0.480 e. The van der Waals surface area contributed by atoms with Crippen molar-refractivity contribution < 1.29 is 9.90 Å². The normalized spacial score (nSPS) is 10.4. The second-order valence-electron chi connectivity index (χ2n) is 3.04. The van der Waals surface area contributed by atoms with Crippen LogP contribution in [0.3, 0.4) is 0 Å². The van der Waals surface area contributed by atoms with Gasteiger partial charge in [-0.2, -0.15) is 0 Å². The van der Waals surface area contributed by atoms with Gasteiger partial charge >= 0.3 is 5.97 Å². The minimum Gasteiger partial charge on any atom is -0.480 e. The van der Waals surface area contributed by atoms with Gasteiger partial charge in [0.05, 0.1) is 19.1 Å². The highest BCUT2D eigenvalue weighted by molar-refractivity contribution is 5.66. The Hall–Kier alpha value is -2.18. The third-order valence-electron chi connectivity index (χ3n) is 1.79. The molecular formula is C8H9N5O2. The van der Waals surface area contributed by atoms with E-state index in [0.717, 1.165) is 0 Å².